The van der Waals surface area contributed by atoms with Crippen LogP contribution in [0.5, 0.6) is 17.2 Å². The molecule has 2 rings (SSSR count). The lowest BCUT2D eigenvalue weighted by Gasteiger charge is -2.14. The summed E-state index contributed by atoms with van der Waals surface area (Å²) in [5, 5.41) is 11.5. The van der Waals surface area contributed by atoms with E-state index >= 15 is 0 Å². The molecule has 1 N–H and O–H groups in total. The fourth-order valence-corrected chi connectivity index (χ4v) is 2.89. The molecule has 0 spiro atoms. The number of methoxy groups -OCH3 is 3. The Labute approximate surface area is 138 Å². The fraction of sp³-hybridized carbons (Fsp3) is 0.235. The molecule has 2 aromatic rings. The summed E-state index contributed by atoms with van der Waals surface area (Å²) in [4.78, 5) is 12.8. The first-order valence-electron chi connectivity index (χ1n) is 6.81. The van der Waals surface area contributed by atoms with Crippen molar-refractivity contribution in [3.8, 4) is 17.2 Å². The van der Waals surface area contributed by atoms with Gasteiger partial charge in [0.05, 0.1) is 26.9 Å². The fourth-order valence-electron chi connectivity index (χ4n) is 2.21. The SMILES string of the molecule is COc1cc(C(=Cc2ccsc2C)C(=O)O)cc(OC)c1OC. The lowest BCUT2D eigenvalue weighted by atomic mass is 10.0. The summed E-state index contributed by atoms with van der Waals surface area (Å²) in [7, 11) is 4.49. The van der Waals surface area contributed by atoms with Crippen LogP contribution in [0.3, 0.4) is 0 Å². The number of carboxylic acid groups (broad SMARTS) is 1. The maximum atomic E-state index is 11.7. The maximum Gasteiger partial charge on any atom is 0.336 e. The second kappa shape index (κ2) is 7.19. The van der Waals surface area contributed by atoms with Crippen LogP contribution in [0.25, 0.3) is 11.6 Å². The van der Waals surface area contributed by atoms with Crippen molar-refractivity contribution in [2.75, 3.05) is 21.3 Å². The van der Waals surface area contributed by atoms with Gasteiger partial charge in [0, 0.05) is 4.88 Å². The number of benzene rings is 1. The van der Waals surface area contributed by atoms with Gasteiger partial charge in [-0.2, -0.15) is 0 Å². The van der Waals surface area contributed by atoms with Crippen LogP contribution in [0, 0.1) is 6.92 Å². The Morgan fingerprint density at radius 2 is 1.74 bits per heavy atom. The van der Waals surface area contributed by atoms with Gasteiger partial charge in [0.25, 0.3) is 0 Å². The van der Waals surface area contributed by atoms with Crippen LogP contribution in [-0.2, 0) is 4.79 Å². The predicted molar refractivity (Wildman–Crippen MR) is 90.7 cm³/mol. The number of aryl methyl sites for hydroxylation is 1. The number of hydrogen-bond donors (Lipinski definition) is 1. The molecule has 0 saturated heterocycles. The minimum Gasteiger partial charge on any atom is -0.493 e. The molecule has 6 heteroatoms. The largest absolute Gasteiger partial charge is 0.493 e. The Kier molecular flexibility index (Phi) is 5.28. The van der Waals surface area contributed by atoms with Gasteiger partial charge in [-0.1, -0.05) is 0 Å². The van der Waals surface area contributed by atoms with Gasteiger partial charge < -0.3 is 19.3 Å². The quantitative estimate of drug-likeness (QED) is 0.816. The van der Waals surface area contributed by atoms with Crippen LogP contribution in [0.1, 0.15) is 16.0 Å². The molecule has 1 aromatic heterocycles. The van der Waals surface area contributed by atoms with Crippen molar-refractivity contribution in [2.45, 2.75) is 6.92 Å². The maximum absolute atomic E-state index is 11.7. The average Bonchev–Trinajstić information content (AvgIpc) is 2.95. The highest BCUT2D eigenvalue weighted by Crippen LogP contribution is 2.40. The molecule has 0 radical (unpaired) electrons. The smallest absolute Gasteiger partial charge is 0.336 e. The first-order chi connectivity index (χ1) is 11.0. The van der Waals surface area contributed by atoms with Crippen molar-refractivity contribution in [3.05, 3.63) is 39.6 Å². The van der Waals surface area contributed by atoms with Crippen LogP contribution in [-0.4, -0.2) is 32.4 Å². The molecule has 122 valence electrons. The third-order valence-electron chi connectivity index (χ3n) is 3.40. The van der Waals surface area contributed by atoms with Gasteiger partial charge in [-0.3, -0.25) is 0 Å². The minimum absolute atomic E-state index is 0.158. The predicted octanol–water partition coefficient (Wildman–Crippen LogP) is 3.71. The van der Waals surface area contributed by atoms with Crippen LogP contribution in [0.4, 0.5) is 0 Å². The van der Waals surface area contributed by atoms with Gasteiger partial charge in [-0.05, 0) is 47.7 Å². The normalized spacial score (nSPS) is 11.2. The van der Waals surface area contributed by atoms with Crippen molar-refractivity contribution in [1.29, 1.82) is 0 Å². The Morgan fingerprint density at radius 1 is 1.13 bits per heavy atom. The summed E-state index contributed by atoms with van der Waals surface area (Å²) in [6.45, 7) is 1.95. The highest BCUT2D eigenvalue weighted by Gasteiger charge is 2.19. The Balaban J connectivity index is 2.63. The summed E-state index contributed by atoms with van der Waals surface area (Å²) >= 11 is 1.57. The molecule has 0 amide bonds. The van der Waals surface area contributed by atoms with Crippen LogP contribution in [0.15, 0.2) is 23.6 Å². The molecule has 1 aromatic carbocycles. The Morgan fingerprint density at radius 3 is 2.13 bits per heavy atom. The van der Waals surface area contributed by atoms with Gasteiger partial charge in [-0.15, -0.1) is 11.3 Å². The van der Waals surface area contributed by atoms with Crippen molar-refractivity contribution < 1.29 is 24.1 Å². The molecule has 0 aliphatic heterocycles. The molecule has 0 bridgehead atoms. The summed E-state index contributed by atoms with van der Waals surface area (Å²) in [6.07, 6.45) is 1.65. The summed E-state index contributed by atoms with van der Waals surface area (Å²) in [5.41, 5.74) is 1.52. The first-order valence-corrected chi connectivity index (χ1v) is 7.69. The highest BCUT2D eigenvalue weighted by molar-refractivity contribution is 7.10. The van der Waals surface area contributed by atoms with E-state index in [1.54, 1.807) is 29.5 Å². The van der Waals surface area contributed by atoms with E-state index in [4.69, 9.17) is 14.2 Å². The molecule has 0 fully saturated rings. The van der Waals surface area contributed by atoms with Crippen molar-refractivity contribution in [2.24, 2.45) is 0 Å². The highest BCUT2D eigenvalue weighted by atomic mass is 32.1. The second-order valence-electron chi connectivity index (χ2n) is 4.71. The second-order valence-corrected chi connectivity index (χ2v) is 5.83. The molecule has 1 heterocycles. The van der Waals surface area contributed by atoms with Crippen molar-refractivity contribution in [3.63, 3.8) is 0 Å². The van der Waals surface area contributed by atoms with Gasteiger partial charge in [0.1, 0.15) is 0 Å². The Bertz CT molecular complexity index is 720. The molecule has 0 saturated carbocycles. The lowest BCUT2D eigenvalue weighted by molar-refractivity contribution is -0.130. The van der Waals surface area contributed by atoms with E-state index < -0.39 is 5.97 Å². The van der Waals surface area contributed by atoms with E-state index in [1.807, 2.05) is 18.4 Å². The van der Waals surface area contributed by atoms with E-state index in [0.717, 1.165) is 10.4 Å². The van der Waals surface area contributed by atoms with Gasteiger partial charge in [-0.25, -0.2) is 4.79 Å². The molecular weight excluding hydrogens is 316 g/mol. The third-order valence-corrected chi connectivity index (χ3v) is 4.27. The van der Waals surface area contributed by atoms with Crippen molar-refractivity contribution in [1.82, 2.24) is 0 Å². The molecule has 23 heavy (non-hydrogen) atoms. The van der Waals surface area contributed by atoms with Gasteiger partial charge >= 0.3 is 5.97 Å². The molecule has 0 aliphatic rings. The number of hydrogen-bond acceptors (Lipinski definition) is 5. The minimum atomic E-state index is -1.02. The molecule has 0 unspecified atom stereocenters. The molecular formula is C17H18O5S. The number of thiophene rings is 1. The number of rotatable bonds is 6. The number of carboxylic acids is 1. The first kappa shape index (κ1) is 16.9. The molecule has 0 aliphatic carbocycles. The van der Waals surface area contributed by atoms with Gasteiger partial charge in [0.2, 0.25) is 5.75 Å². The van der Waals surface area contributed by atoms with Crippen LogP contribution in [0.2, 0.25) is 0 Å². The summed E-state index contributed by atoms with van der Waals surface area (Å²) < 4.78 is 15.8. The molecule has 0 atom stereocenters. The zero-order valence-corrected chi connectivity index (χ0v) is 14.2. The monoisotopic (exact) mass is 334 g/mol. The number of ether oxygens (including phenoxy) is 3. The van der Waals surface area contributed by atoms with E-state index in [-0.39, 0.29) is 5.57 Å². The third kappa shape index (κ3) is 3.48. The standard InChI is InChI=1S/C17H18O5S/c1-10-11(5-6-23-10)7-13(17(18)19)12-8-14(20-2)16(22-4)15(9-12)21-3/h5-9H,1-4H3,(H,18,19). The number of carbonyl (C=O) groups is 1. The topological polar surface area (TPSA) is 65.0 Å². The summed E-state index contributed by atoms with van der Waals surface area (Å²) in [6, 6.07) is 5.15. The lowest BCUT2D eigenvalue weighted by Crippen LogP contribution is -2.02. The molecule has 5 nitrogen and oxygen atoms in total. The number of aliphatic carboxylic acids is 1. The zero-order chi connectivity index (χ0) is 17.0. The van der Waals surface area contributed by atoms with E-state index in [9.17, 15) is 9.90 Å². The van der Waals surface area contributed by atoms with E-state index in [1.165, 1.54) is 21.3 Å². The van der Waals surface area contributed by atoms with Gasteiger partial charge in [0.15, 0.2) is 11.5 Å². The van der Waals surface area contributed by atoms with Crippen LogP contribution >= 0.6 is 11.3 Å². The summed E-state index contributed by atoms with van der Waals surface area (Å²) in [5.74, 6) is 0.229. The van der Waals surface area contributed by atoms with E-state index in [0.29, 0.717) is 22.8 Å². The Hall–Kier alpha value is -2.47. The van der Waals surface area contributed by atoms with Crippen LogP contribution < -0.4 is 14.2 Å². The zero-order valence-electron chi connectivity index (χ0n) is 13.4. The van der Waals surface area contributed by atoms with E-state index in [2.05, 4.69) is 0 Å². The average molecular weight is 334 g/mol. The van der Waals surface area contributed by atoms with Crippen molar-refractivity contribution >= 4 is 29.0 Å².